The Morgan fingerprint density at radius 3 is 2.37 bits per heavy atom. The lowest BCUT2D eigenvalue weighted by molar-refractivity contribution is 0.415. The number of hydrogen-bond donors (Lipinski definition) is 0. The van der Waals surface area contributed by atoms with E-state index in [2.05, 4.69) is 72.3 Å². The molecule has 3 nitrogen and oxygen atoms in total. The molecule has 0 saturated carbocycles. The molecule has 0 unspecified atom stereocenters. The van der Waals surface area contributed by atoms with Gasteiger partial charge in [-0.15, -0.1) is 11.3 Å². The minimum absolute atomic E-state index is 0.841. The number of hydrogen-bond acceptors (Lipinski definition) is 3. The van der Waals surface area contributed by atoms with E-state index in [1.807, 2.05) is 24.3 Å². The largest absolute Gasteiger partial charge is 0.497 e. The SMILES string of the molecule is COc1ccc(N=c2scc(-c3ccc(C)c(C)c3)n2CCc2ccccc2)cc1. The predicted molar refractivity (Wildman–Crippen MR) is 126 cm³/mol. The van der Waals surface area contributed by atoms with Crippen LogP contribution in [0.1, 0.15) is 16.7 Å². The van der Waals surface area contributed by atoms with Crippen LogP contribution in [0.25, 0.3) is 11.3 Å². The average molecular weight is 415 g/mol. The Kier molecular flexibility index (Phi) is 6.15. The second kappa shape index (κ2) is 9.14. The van der Waals surface area contributed by atoms with Crippen molar-refractivity contribution >= 4 is 17.0 Å². The molecule has 0 aliphatic heterocycles. The molecule has 4 heteroatoms. The Balaban J connectivity index is 1.75. The van der Waals surface area contributed by atoms with Crippen molar-refractivity contribution in [2.75, 3.05) is 7.11 Å². The summed E-state index contributed by atoms with van der Waals surface area (Å²) in [5.74, 6) is 0.841. The molecule has 0 bridgehead atoms. The maximum atomic E-state index is 5.27. The summed E-state index contributed by atoms with van der Waals surface area (Å²) in [5.41, 5.74) is 7.33. The molecule has 3 aromatic carbocycles. The molecule has 4 rings (SSSR count). The Hall–Kier alpha value is -3.11. The van der Waals surface area contributed by atoms with E-state index in [0.29, 0.717) is 0 Å². The fourth-order valence-corrected chi connectivity index (χ4v) is 4.37. The third kappa shape index (κ3) is 4.55. The van der Waals surface area contributed by atoms with Crippen LogP contribution in [-0.2, 0) is 13.0 Å². The van der Waals surface area contributed by atoms with E-state index in [1.54, 1.807) is 18.4 Å². The number of rotatable bonds is 6. The van der Waals surface area contributed by atoms with Crippen LogP contribution in [0.3, 0.4) is 0 Å². The molecule has 0 atom stereocenters. The van der Waals surface area contributed by atoms with Crippen LogP contribution in [-0.4, -0.2) is 11.7 Å². The number of aromatic nitrogens is 1. The highest BCUT2D eigenvalue weighted by Crippen LogP contribution is 2.24. The first-order valence-corrected chi connectivity index (χ1v) is 11.0. The van der Waals surface area contributed by atoms with Gasteiger partial charge >= 0.3 is 0 Å². The molecule has 30 heavy (non-hydrogen) atoms. The molecule has 0 N–H and O–H groups in total. The first kappa shape index (κ1) is 20.2. The van der Waals surface area contributed by atoms with E-state index in [0.717, 1.165) is 29.2 Å². The lowest BCUT2D eigenvalue weighted by Gasteiger charge is -2.11. The van der Waals surface area contributed by atoms with E-state index >= 15 is 0 Å². The summed E-state index contributed by atoms with van der Waals surface area (Å²) in [6.45, 7) is 5.20. The average Bonchev–Trinajstić information content (AvgIpc) is 3.17. The molecule has 0 spiro atoms. The Labute approximate surface area is 182 Å². The summed E-state index contributed by atoms with van der Waals surface area (Å²) >= 11 is 1.69. The quantitative estimate of drug-likeness (QED) is 0.363. The summed E-state index contributed by atoms with van der Waals surface area (Å²) in [6, 6.07) is 25.2. The second-order valence-electron chi connectivity index (χ2n) is 7.40. The van der Waals surface area contributed by atoms with Gasteiger partial charge in [-0.2, -0.15) is 0 Å². The maximum absolute atomic E-state index is 5.27. The number of ether oxygens (including phenoxy) is 1. The van der Waals surface area contributed by atoms with Gasteiger partial charge in [0.25, 0.3) is 0 Å². The summed E-state index contributed by atoms with van der Waals surface area (Å²) < 4.78 is 7.61. The Morgan fingerprint density at radius 1 is 0.900 bits per heavy atom. The fraction of sp³-hybridized carbons (Fsp3) is 0.192. The van der Waals surface area contributed by atoms with Crippen LogP contribution in [0, 0.1) is 13.8 Å². The van der Waals surface area contributed by atoms with Crippen LogP contribution in [0.4, 0.5) is 5.69 Å². The normalized spacial score (nSPS) is 11.6. The molecular weight excluding hydrogens is 388 g/mol. The van der Waals surface area contributed by atoms with Gasteiger partial charge in [0.2, 0.25) is 0 Å². The van der Waals surface area contributed by atoms with E-state index in [-0.39, 0.29) is 0 Å². The zero-order chi connectivity index (χ0) is 20.9. The highest BCUT2D eigenvalue weighted by molar-refractivity contribution is 7.07. The van der Waals surface area contributed by atoms with E-state index in [4.69, 9.17) is 9.73 Å². The first-order valence-electron chi connectivity index (χ1n) is 10.1. The highest BCUT2D eigenvalue weighted by atomic mass is 32.1. The van der Waals surface area contributed by atoms with Gasteiger partial charge in [-0.25, -0.2) is 4.99 Å². The van der Waals surface area contributed by atoms with Gasteiger partial charge in [-0.1, -0.05) is 42.5 Å². The summed E-state index contributed by atoms with van der Waals surface area (Å²) in [4.78, 5) is 5.94. The standard InChI is InChI=1S/C26H26N2OS/c1-19-9-10-22(17-20(19)2)25-18-30-26(27-23-11-13-24(29-3)14-12-23)28(25)16-15-21-7-5-4-6-8-21/h4-14,17-18H,15-16H2,1-3H3. The third-order valence-corrected chi connectivity index (χ3v) is 6.23. The summed E-state index contributed by atoms with van der Waals surface area (Å²) in [6.07, 6.45) is 0.964. The number of benzene rings is 3. The van der Waals surface area contributed by atoms with Gasteiger partial charge in [0, 0.05) is 11.9 Å². The molecule has 0 saturated heterocycles. The maximum Gasteiger partial charge on any atom is 0.190 e. The van der Waals surface area contributed by atoms with Crippen molar-refractivity contribution in [2.45, 2.75) is 26.8 Å². The zero-order valence-corrected chi connectivity index (χ0v) is 18.4. The van der Waals surface area contributed by atoms with Crippen molar-refractivity contribution in [3.05, 3.63) is 99.7 Å². The van der Waals surface area contributed by atoms with Gasteiger partial charge in [0.1, 0.15) is 5.75 Å². The number of aryl methyl sites for hydroxylation is 3. The molecule has 1 aromatic heterocycles. The molecular formula is C26H26N2OS. The van der Waals surface area contributed by atoms with Crippen molar-refractivity contribution in [3.8, 4) is 17.0 Å². The van der Waals surface area contributed by atoms with Crippen molar-refractivity contribution in [1.82, 2.24) is 4.57 Å². The van der Waals surface area contributed by atoms with Crippen LogP contribution in [0.5, 0.6) is 5.75 Å². The van der Waals surface area contributed by atoms with E-state index in [1.165, 1.54) is 27.9 Å². The van der Waals surface area contributed by atoms with E-state index in [9.17, 15) is 0 Å². The van der Waals surface area contributed by atoms with Gasteiger partial charge in [0.15, 0.2) is 4.80 Å². The predicted octanol–water partition coefficient (Wildman–Crippen LogP) is 6.32. The first-order chi connectivity index (χ1) is 14.6. The third-order valence-electron chi connectivity index (χ3n) is 5.36. The lowest BCUT2D eigenvalue weighted by atomic mass is 10.0. The molecule has 0 aliphatic rings. The molecule has 0 amide bonds. The lowest BCUT2D eigenvalue weighted by Crippen LogP contribution is -2.17. The monoisotopic (exact) mass is 414 g/mol. The number of nitrogens with zero attached hydrogens (tertiary/aromatic N) is 2. The molecule has 1 heterocycles. The van der Waals surface area contributed by atoms with Crippen LogP contribution < -0.4 is 9.54 Å². The minimum Gasteiger partial charge on any atom is -0.497 e. The highest BCUT2D eigenvalue weighted by Gasteiger charge is 2.10. The topological polar surface area (TPSA) is 26.5 Å². The van der Waals surface area contributed by atoms with Gasteiger partial charge in [-0.05, 0) is 72.9 Å². The van der Waals surface area contributed by atoms with Crippen molar-refractivity contribution < 1.29 is 4.74 Å². The number of methoxy groups -OCH3 is 1. The smallest absolute Gasteiger partial charge is 0.190 e. The summed E-state index contributed by atoms with van der Waals surface area (Å²) in [5, 5.41) is 2.22. The van der Waals surface area contributed by atoms with Crippen LogP contribution >= 0.6 is 11.3 Å². The van der Waals surface area contributed by atoms with E-state index < -0.39 is 0 Å². The fourth-order valence-electron chi connectivity index (χ4n) is 3.42. The number of thiazole rings is 1. The van der Waals surface area contributed by atoms with Crippen molar-refractivity contribution in [3.63, 3.8) is 0 Å². The molecule has 0 radical (unpaired) electrons. The van der Waals surface area contributed by atoms with Crippen LogP contribution in [0.15, 0.2) is 83.2 Å². The van der Waals surface area contributed by atoms with Crippen molar-refractivity contribution in [1.29, 1.82) is 0 Å². The van der Waals surface area contributed by atoms with Crippen molar-refractivity contribution in [2.24, 2.45) is 4.99 Å². The molecule has 4 aromatic rings. The minimum atomic E-state index is 0.841. The van der Waals surface area contributed by atoms with Gasteiger partial charge in [0.05, 0.1) is 18.5 Å². The molecule has 0 fully saturated rings. The van der Waals surface area contributed by atoms with Gasteiger partial charge in [-0.3, -0.25) is 0 Å². The molecule has 152 valence electrons. The second-order valence-corrected chi connectivity index (χ2v) is 8.24. The molecule has 0 aliphatic carbocycles. The summed E-state index contributed by atoms with van der Waals surface area (Å²) in [7, 11) is 1.68. The Morgan fingerprint density at radius 2 is 1.67 bits per heavy atom. The zero-order valence-electron chi connectivity index (χ0n) is 17.6. The van der Waals surface area contributed by atoms with Crippen LogP contribution in [0.2, 0.25) is 0 Å². The Bertz CT molecular complexity index is 1190. The van der Waals surface area contributed by atoms with Gasteiger partial charge < -0.3 is 9.30 Å².